The van der Waals surface area contributed by atoms with Crippen LogP contribution in [0, 0.1) is 17.2 Å². The topological polar surface area (TPSA) is 64.9 Å². The molecule has 0 aliphatic heterocycles. The Bertz CT molecular complexity index is 765. The number of halogens is 1. The number of rotatable bonds is 6. The highest BCUT2D eigenvalue weighted by Gasteiger charge is 2.06. The summed E-state index contributed by atoms with van der Waals surface area (Å²) in [6.07, 6.45) is 0.506. The largest absolute Gasteiger partial charge is 0.381 e. The van der Waals surface area contributed by atoms with Gasteiger partial charge in [0.25, 0.3) is 0 Å². The zero-order valence-corrected chi connectivity index (χ0v) is 14.5. The highest BCUT2D eigenvalue weighted by molar-refractivity contribution is 6.32. The van der Waals surface area contributed by atoms with Crippen LogP contribution in [0.3, 0.4) is 0 Å². The summed E-state index contributed by atoms with van der Waals surface area (Å²) in [5.41, 5.74) is 3.13. The fraction of sp³-hybridized carbons (Fsp3) is 0.263. The molecule has 24 heavy (non-hydrogen) atoms. The molecule has 0 aliphatic rings. The molecule has 2 aromatic rings. The average molecular weight is 342 g/mol. The van der Waals surface area contributed by atoms with Gasteiger partial charge in [0.15, 0.2) is 0 Å². The van der Waals surface area contributed by atoms with Crippen molar-refractivity contribution in [3.63, 3.8) is 0 Å². The average Bonchev–Trinajstić information content (AvgIpc) is 2.52. The van der Waals surface area contributed by atoms with E-state index in [4.69, 9.17) is 16.9 Å². The van der Waals surface area contributed by atoms with E-state index < -0.39 is 0 Å². The summed E-state index contributed by atoms with van der Waals surface area (Å²) >= 11 is 6.03. The van der Waals surface area contributed by atoms with E-state index in [1.165, 1.54) is 0 Å². The number of carbonyl (C=O) groups is 1. The highest BCUT2D eigenvalue weighted by atomic mass is 35.5. The summed E-state index contributed by atoms with van der Waals surface area (Å²) in [6.45, 7) is 4.63. The third kappa shape index (κ3) is 5.29. The lowest BCUT2D eigenvalue weighted by atomic mass is 10.1. The Morgan fingerprint density at radius 3 is 2.67 bits per heavy atom. The summed E-state index contributed by atoms with van der Waals surface area (Å²) in [5, 5.41) is 15.5. The third-order valence-electron chi connectivity index (χ3n) is 3.39. The maximum Gasteiger partial charge on any atom is 0.224 e. The predicted molar refractivity (Wildman–Crippen MR) is 98.0 cm³/mol. The molecule has 4 nitrogen and oxygen atoms in total. The van der Waals surface area contributed by atoms with E-state index in [0.29, 0.717) is 29.5 Å². The monoisotopic (exact) mass is 341 g/mol. The molecule has 5 heteroatoms. The van der Waals surface area contributed by atoms with Crippen molar-refractivity contribution in [1.82, 2.24) is 0 Å². The summed E-state index contributed by atoms with van der Waals surface area (Å²) in [5.74, 6) is 0.352. The Balaban J connectivity index is 1.98. The number of benzene rings is 2. The molecule has 0 spiro atoms. The fourth-order valence-electron chi connectivity index (χ4n) is 2.26. The fourth-order valence-corrected chi connectivity index (χ4v) is 2.48. The van der Waals surface area contributed by atoms with Crippen molar-refractivity contribution in [1.29, 1.82) is 5.26 Å². The Morgan fingerprint density at radius 2 is 2.00 bits per heavy atom. The van der Waals surface area contributed by atoms with Crippen LogP contribution in [0.25, 0.3) is 0 Å². The maximum absolute atomic E-state index is 11.8. The van der Waals surface area contributed by atoms with Crippen molar-refractivity contribution in [3.8, 4) is 6.07 Å². The quantitative estimate of drug-likeness (QED) is 0.792. The van der Waals surface area contributed by atoms with E-state index in [1.54, 1.807) is 12.1 Å². The second-order valence-electron chi connectivity index (χ2n) is 6.01. The number of nitriles is 1. The molecule has 0 aromatic heterocycles. The molecule has 0 unspecified atom stereocenters. The molecule has 0 atom stereocenters. The van der Waals surface area contributed by atoms with E-state index in [1.807, 2.05) is 50.2 Å². The molecule has 0 saturated carbocycles. The smallest absolute Gasteiger partial charge is 0.224 e. The van der Waals surface area contributed by atoms with Crippen molar-refractivity contribution >= 4 is 28.9 Å². The van der Waals surface area contributed by atoms with Gasteiger partial charge in [-0.1, -0.05) is 37.6 Å². The number of hydrogen-bond donors (Lipinski definition) is 2. The summed E-state index contributed by atoms with van der Waals surface area (Å²) in [7, 11) is 0. The van der Waals surface area contributed by atoms with Crippen LogP contribution in [-0.2, 0) is 11.3 Å². The minimum absolute atomic E-state index is 0.0222. The van der Waals surface area contributed by atoms with E-state index in [0.717, 1.165) is 16.9 Å². The number of nitrogens with zero attached hydrogens (tertiary/aromatic N) is 1. The van der Waals surface area contributed by atoms with Gasteiger partial charge >= 0.3 is 0 Å². The van der Waals surface area contributed by atoms with Crippen molar-refractivity contribution in [3.05, 3.63) is 58.6 Å². The molecule has 2 aromatic carbocycles. The predicted octanol–water partition coefficient (Wildman–Crippen LogP) is 4.81. The van der Waals surface area contributed by atoms with E-state index in [9.17, 15) is 4.79 Å². The van der Waals surface area contributed by atoms with E-state index >= 15 is 0 Å². The van der Waals surface area contributed by atoms with Gasteiger partial charge in [-0.15, -0.1) is 0 Å². The van der Waals surface area contributed by atoms with Crippen LogP contribution in [0.2, 0.25) is 5.02 Å². The zero-order chi connectivity index (χ0) is 17.5. The van der Waals surface area contributed by atoms with E-state index in [2.05, 4.69) is 10.6 Å². The maximum atomic E-state index is 11.8. The zero-order valence-electron chi connectivity index (χ0n) is 13.8. The van der Waals surface area contributed by atoms with Gasteiger partial charge in [0.1, 0.15) is 6.07 Å². The van der Waals surface area contributed by atoms with E-state index in [-0.39, 0.29) is 5.91 Å². The van der Waals surface area contributed by atoms with Gasteiger partial charge in [0.2, 0.25) is 5.91 Å². The molecule has 2 rings (SSSR count). The highest BCUT2D eigenvalue weighted by Crippen LogP contribution is 2.21. The van der Waals surface area contributed by atoms with Gasteiger partial charge in [-0.25, -0.2) is 0 Å². The van der Waals surface area contributed by atoms with Crippen LogP contribution in [0.5, 0.6) is 0 Å². The number of hydrogen-bond acceptors (Lipinski definition) is 3. The van der Waals surface area contributed by atoms with Gasteiger partial charge < -0.3 is 10.6 Å². The summed E-state index contributed by atoms with van der Waals surface area (Å²) in [6, 6.07) is 15.0. The van der Waals surface area contributed by atoms with Crippen LogP contribution in [-0.4, -0.2) is 5.91 Å². The van der Waals surface area contributed by atoms with Crippen LogP contribution in [0.15, 0.2) is 42.5 Å². The van der Waals surface area contributed by atoms with Gasteiger partial charge in [0, 0.05) is 24.3 Å². The molecule has 0 radical (unpaired) electrons. The van der Waals surface area contributed by atoms with Crippen LogP contribution >= 0.6 is 11.6 Å². The number of amides is 1. The molecule has 124 valence electrons. The molecule has 2 N–H and O–H groups in total. The third-order valence-corrected chi connectivity index (χ3v) is 3.70. The van der Waals surface area contributed by atoms with Gasteiger partial charge in [0.05, 0.1) is 10.6 Å². The molecule has 0 aliphatic carbocycles. The molecule has 0 heterocycles. The summed E-state index contributed by atoms with van der Waals surface area (Å²) < 4.78 is 0. The molecular formula is C19H20ClN3O. The minimum atomic E-state index is 0.0222. The van der Waals surface area contributed by atoms with Crippen molar-refractivity contribution in [2.24, 2.45) is 5.92 Å². The Kier molecular flexibility index (Phi) is 6.22. The van der Waals surface area contributed by atoms with Crippen molar-refractivity contribution in [2.75, 3.05) is 10.6 Å². The van der Waals surface area contributed by atoms with Crippen LogP contribution in [0.4, 0.5) is 11.4 Å². The first kappa shape index (κ1) is 17.8. The lowest BCUT2D eigenvalue weighted by molar-refractivity contribution is -0.116. The Hall–Kier alpha value is -2.51. The Labute approximate surface area is 147 Å². The summed E-state index contributed by atoms with van der Waals surface area (Å²) in [4.78, 5) is 11.8. The number of anilines is 2. The SMILES string of the molecule is CC(C)CC(=O)Nc1cccc(CNc2ccc(C#N)c(Cl)c2)c1. The number of nitrogens with one attached hydrogen (secondary N) is 2. The van der Waals surface area contributed by atoms with Gasteiger partial charge in [-0.3, -0.25) is 4.79 Å². The standard InChI is InChI=1S/C19H20ClN3O/c1-13(2)8-19(24)23-17-5-3-4-14(9-17)12-22-16-7-6-15(11-21)18(20)10-16/h3-7,9-10,13,22H,8,12H2,1-2H3,(H,23,24). The normalized spacial score (nSPS) is 10.3. The first-order valence-electron chi connectivity index (χ1n) is 7.80. The minimum Gasteiger partial charge on any atom is -0.381 e. The van der Waals surface area contributed by atoms with Crippen LogP contribution < -0.4 is 10.6 Å². The van der Waals surface area contributed by atoms with Gasteiger partial charge in [-0.05, 0) is 41.8 Å². The Morgan fingerprint density at radius 1 is 1.21 bits per heavy atom. The molecule has 0 bridgehead atoms. The van der Waals surface area contributed by atoms with Crippen molar-refractivity contribution in [2.45, 2.75) is 26.8 Å². The molecule has 0 fully saturated rings. The first-order chi connectivity index (χ1) is 11.5. The molecule has 0 saturated heterocycles. The van der Waals surface area contributed by atoms with Gasteiger partial charge in [-0.2, -0.15) is 5.26 Å². The van der Waals surface area contributed by atoms with Crippen LogP contribution in [0.1, 0.15) is 31.4 Å². The number of carbonyl (C=O) groups excluding carboxylic acids is 1. The second-order valence-corrected chi connectivity index (χ2v) is 6.41. The lowest BCUT2D eigenvalue weighted by Gasteiger charge is -2.10. The van der Waals surface area contributed by atoms with Crippen molar-refractivity contribution < 1.29 is 4.79 Å². The molecular weight excluding hydrogens is 322 g/mol. The second kappa shape index (κ2) is 8.37. The lowest BCUT2D eigenvalue weighted by Crippen LogP contribution is -2.14. The first-order valence-corrected chi connectivity index (χ1v) is 8.18. The molecule has 1 amide bonds.